The number of pyridine rings is 1. The van der Waals surface area contributed by atoms with E-state index in [2.05, 4.69) is 46.3 Å². The Bertz CT molecular complexity index is 392. The minimum atomic E-state index is 0.338. The molecule has 1 aromatic heterocycles. The highest BCUT2D eigenvalue weighted by Crippen LogP contribution is 2.39. The number of nitrogens with two attached hydrogens (primary N) is 1. The molecule has 1 aliphatic carbocycles. The molecule has 0 bridgehead atoms. The van der Waals surface area contributed by atoms with Gasteiger partial charge >= 0.3 is 0 Å². The Labute approximate surface area is 124 Å². The van der Waals surface area contributed by atoms with Crippen LogP contribution in [0, 0.1) is 11.3 Å². The summed E-state index contributed by atoms with van der Waals surface area (Å²) in [6, 6.07) is 4.45. The van der Waals surface area contributed by atoms with Crippen molar-refractivity contribution in [3.63, 3.8) is 0 Å². The number of hydrogen-bond acceptors (Lipinski definition) is 3. The highest BCUT2D eigenvalue weighted by molar-refractivity contribution is 9.10. The number of nitrogens with zero attached hydrogens (tertiary/aromatic N) is 1. The summed E-state index contributed by atoms with van der Waals surface area (Å²) in [7, 11) is 0. The van der Waals surface area contributed by atoms with Crippen LogP contribution < -0.4 is 11.3 Å². The molecule has 0 aromatic carbocycles. The van der Waals surface area contributed by atoms with E-state index < -0.39 is 0 Å². The van der Waals surface area contributed by atoms with Crippen molar-refractivity contribution >= 4 is 15.9 Å². The second-order valence-corrected chi connectivity index (χ2v) is 7.36. The zero-order valence-electron chi connectivity index (χ0n) is 11.8. The predicted octanol–water partition coefficient (Wildman–Crippen LogP) is 3.43. The molecule has 1 heterocycles. The quantitative estimate of drug-likeness (QED) is 0.658. The van der Waals surface area contributed by atoms with Crippen LogP contribution in [0.3, 0.4) is 0 Å². The van der Waals surface area contributed by atoms with Crippen molar-refractivity contribution in [2.75, 3.05) is 0 Å². The van der Waals surface area contributed by atoms with Gasteiger partial charge in [-0.25, -0.2) is 0 Å². The normalized spacial score (nSPS) is 21.3. The summed E-state index contributed by atoms with van der Waals surface area (Å²) in [6.07, 6.45) is 7.88. The second-order valence-electron chi connectivity index (χ2n) is 6.45. The maximum Gasteiger partial charge on any atom is 0.0420 e. The SMILES string of the molecule is CC1(C)CCC(C(Cc2ccc(Br)cn2)NN)CC1. The van der Waals surface area contributed by atoms with E-state index in [1.807, 2.05) is 12.3 Å². The highest BCUT2D eigenvalue weighted by Gasteiger charge is 2.31. The third-order valence-corrected chi connectivity index (χ3v) is 4.85. The molecule has 1 atom stereocenters. The van der Waals surface area contributed by atoms with E-state index >= 15 is 0 Å². The zero-order valence-corrected chi connectivity index (χ0v) is 13.4. The lowest BCUT2D eigenvalue weighted by atomic mass is 9.70. The Morgan fingerprint density at radius 1 is 1.42 bits per heavy atom. The average Bonchev–Trinajstić information content (AvgIpc) is 2.39. The van der Waals surface area contributed by atoms with Crippen molar-refractivity contribution in [2.24, 2.45) is 17.2 Å². The fourth-order valence-corrected chi connectivity index (χ4v) is 3.17. The van der Waals surface area contributed by atoms with Gasteiger partial charge in [0.1, 0.15) is 0 Å². The van der Waals surface area contributed by atoms with E-state index in [1.165, 1.54) is 25.7 Å². The number of halogens is 1. The zero-order chi connectivity index (χ0) is 13.9. The van der Waals surface area contributed by atoms with Crippen LogP contribution in [0.4, 0.5) is 0 Å². The minimum absolute atomic E-state index is 0.338. The molecular formula is C15H24BrN3. The molecule has 19 heavy (non-hydrogen) atoms. The molecule has 2 rings (SSSR count). The van der Waals surface area contributed by atoms with Crippen LogP contribution in [0.2, 0.25) is 0 Å². The molecular weight excluding hydrogens is 302 g/mol. The molecule has 1 aromatic rings. The Kier molecular flexibility index (Phi) is 4.98. The van der Waals surface area contributed by atoms with E-state index in [4.69, 9.17) is 5.84 Å². The van der Waals surface area contributed by atoms with Crippen molar-refractivity contribution in [1.82, 2.24) is 10.4 Å². The van der Waals surface area contributed by atoms with Gasteiger partial charge in [-0.15, -0.1) is 0 Å². The van der Waals surface area contributed by atoms with Gasteiger partial charge in [0.2, 0.25) is 0 Å². The number of hydrogen-bond donors (Lipinski definition) is 2. The van der Waals surface area contributed by atoms with Crippen LogP contribution in [0.25, 0.3) is 0 Å². The van der Waals surface area contributed by atoms with Crippen LogP contribution >= 0.6 is 15.9 Å². The smallest absolute Gasteiger partial charge is 0.0420 e. The maximum absolute atomic E-state index is 5.76. The lowest BCUT2D eigenvalue weighted by Gasteiger charge is -2.37. The molecule has 0 amide bonds. The molecule has 1 unspecified atom stereocenters. The third-order valence-electron chi connectivity index (χ3n) is 4.38. The van der Waals surface area contributed by atoms with Crippen molar-refractivity contribution in [3.05, 3.63) is 28.5 Å². The molecule has 4 heteroatoms. The Morgan fingerprint density at radius 3 is 2.63 bits per heavy atom. The predicted molar refractivity (Wildman–Crippen MR) is 82.5 cm³/mol. The number of aromatic nitrogens is 1. The van der Waals surface area contributed by atoms with Gasteiger partial charge < -0.3 is 0 Å². The maximum atomic E-state index is 5.76. The minimum Gasteiger partial charge on any atom is -0.271 e. The molecule has 3 nitrogen and oxygen atoms in total. The van der Waals surface area contributed by atoms with E-state index in [9.17, 15) is 0 Å². The van der Waals surface area contributed by atoms with Crippen molar-refractivity contribution in [1.29, 1.82) is 0 Å². The third kappa shape index (κ3) is 4.26. The second kappa shape index (κ2) is 6.33. The van der Waals surface area contributed by atoms with E-state index in [0.29, 0.717) is 17.4 Å². The van der Waals surface area contributed by atoms with Gasteiger partial charge in [0.25, 0.3) is 0 Å². The molecule has 0 aliphatic heterocycles. The van der Waals surface area contributed by atoms with Crippen LogP contribution in [0.1, 0.15) is 45.2 Å². The monoisotopic (exact) mass is 325 g/mol. The van der Waals surface area contributed by atoms with Crippen molar-refractivity contribution in [2.45, 2.75) is 52.0 Å². The summed E-state index contributed by atoms with van der Waals surface area (Å²) in [5.74, 6) is 6.43. The van der Waals surface area contributed by atoms with Crippen LogP contribution in [0.15, 0.2) is 22.8 Å². The van der Waals surface area contributed by atoms with Crippen LogP contribution in [-0.2, 0) is 6.42 Å². The Balaban J connectivity index is 1.95. The first-order valence-electron chi connectivity index (χ1n) is 7.07. The van der Waals surface area contributed by atoms with E-state index in [0.717, 1.165) is 16.6 Å². The lowest BCUT2D eigenvalue weighted by molar-refractivity contribution is 0.160. The van der Waals surface area contributed by atoms with Gasteiger partial charge in [0.15, 0.2) is 0 Å². The topological polar surface area (TPSA) is 50.9 Å². The lowest BCUT2D eigenvalue weighted by Crippen LogP contribution is -2.44. The molecule has 1 aliphatic rings. The fraction of sp³-hybridized carbons (Fsp3) is 0.667. The van der Waals surface area contributed by atoms with Crippen LogP contribution in [-0.4, -0.2) is 11.0 Å². The number of rotatable bonds is 4. The first-order valence-corrected chi connectivity index (χ1v) is 7.86. The summed E-state index contributed by atoms with van der Waals surface area (Å²) in [5, 5.41) is 0. The summed E-state index contributed by atoms with van der Waals surface area (Å²) < 4.78 is 1.02. The van der Waals surface area contributed by atoms with Gasteiger partial charge in [0, 0.05) is 28.8 Å². The summed E-state index contributed by atoms with van der Waals surface area (Å²) in [5.41, 5.74) is 4.62. The van der Waals surface area contributed by atoms with Gasteiger partial charge in [-0.2, -0.15) is 0 Å². The van der Waals surface area contributed by atoms with Gasteiger partial charge in [0.05, 0.1) is 0 Å². The molecule has 106 valence electrons. The summed E-state index contributed by atoms with van der Waals surface area (Å²) in [6.45, 7) is 4.73. The molecule has 0 spiro atoms. The van der Waals surface area contributed by atoms with Gasteiger partial charge in [-0.1, -0.05) is 13.8 Å². The first kappa shape index (κ1) is 14.9. The van der Waals surface area contributed by atoms with Crippen LogP contribution in [0.5, 0.6) is 0 Å². The van der Waals surface area contributed by atoms with Crippen molar-refractivity contribution in [3.8, 4) is 0 Å². The molecule has 0 saturated heterocycles. The summed E-state index contributed by atoms with van der Waals surface area (Å²) in [4.78, 5) is 4.45. The Morgan fingerprint density at radius 2 is 2.11 bits per heavy atom. The molecule has 1 fully saturated rings. The van der Waals surface area contributed by atoms with E-state index in [1.54, 1.807) is 0 Å². The molecule has 1 saturated carbocycles. The largest absolute Gasteiger partial charge is 0.271 e. The van der Waals surface area contributed by atoms with Crippen molar-refractivity contribution < 1.29 is 0 Å². The number of nitrogens with one attached hydrogen (secondary N) is 1. The molecule has 0 radical (unpaired) electrons. The molecule has 3 N–H and O–H groups in total. The van der Waals surface area contributed by atoms with Gasteiger partial charge in [-0.3, -0.25) is 16.3 Å². The highest BCUT2D eigenvalue weighted by atomic mass is 79.9. The standard InChI is InChI=1S/C15H24BrN3/c1-15(2)7-5-11(6-8-15)14(19-17)9-13-4-3-12(16)10-18-13/h3-4,10-11,14,19H,5-9,17H2,1-2H3. The van der Waals surface area contributed by atoms with Gasteiger partial charge in [-0.05, 0) is 65.1 Å². The Hall–Kier alpha value is -0.450. The number of hydrazine groups is 1. The average molecular weight is 326 g/mol. The van der Waals surface area contributed by atoms with E-state index in [-0.39, 0.29) is 0 Å². The first-order chi connectivity index (χ1) is 9.00. The summed E-state index contributed by atoms with van der Waals surface area (Å²) >= 11 is 3.42. The fourth-order valence-electron chi connectivity index (χ4n) is 2.94.